The van der Waals surface area contributed by atoms with Crippen molar-refractivity contribution in [2.24, 2.45) is 0 Å². The molecule has 3 aromatic carbocycles. The lowest BCUT2D eigenvalue weighted by Crippen LogP contribution is -2.28. The van der Waals surface area contributed by atoms with Crippen LogP contribution in [-0.4, -0.2) is 24.3 Å². The zero-order valence-electron chi connectivity index (χ0n) is 16.2. The number of nitrogens with one attached hydrogen (secondary N) is 1. The zero-order valence-corrected chi connectivity index (χ0v) is 16.2. The summed E-state index contributed by atoms with van der Waals surface area (Å²) in [6.07, 6.45) is 1.17. The van der Waals surface area contributed by atoms with E-state index in [1.165, 1.54) is 16.8 Å². The molecule has 0 unspecified atom stereocenters. The highest BCUT2D eigenvalue weighted by Gasteiger charge is 2.20. The van der Waals surface area contributed by atoms with E-state index in [0.717, 1.165) is 25.1 Å². The van der Waals surface area contributed by atoms with Crippen LogP contribution in [0.4, 0.5) is 10.5 Å². The molecule has 0 atom stereocenters. The number of fused-ring (bicyclic) bond motifs is 1. The van der Waals surface area contributed by atoms with E-state index >= 15 is 0 Å². The number of carbonyl (C=O) groups excluding carboxylic acids is 1. The summed E-state index contributed by atoms with van der Waals surface area (Å²) in [4.78, 5) is 14.4. The molecule has 5 nitrogen and oxygen atoms in total. The molecule has 0 radical (unpaired) electrons. The molecule has 1 heterocycles. The fourth-order valence-corrected chi connectivity index (χ4v) is 3.59. The van der Waals surface area contributed by atoms with Crippen LogP contribution in [0.15, 0.2) is 72.8 Å². The average Bonchev–Trinajstić information content (AvgIpc) is 3.12. The number of rotatable bonds is 6. The van der Waals surface area contributed by atoms with Crippen molar-refractivity contribution in [3.05, 3.63) is 89.5 Å². The van der Waals surface area contributed by atoms with E-state index in [-0.39, 0.29) is 5.75 Å². The Balaban J connectivity index is 1.30. The van der Waals surface area contributed by atoms with Crippen LogP contribution in [0.5, 0.6) is 11.5 Å². The van der Waals surface area contributed by atoms with Crippen LogP contribution in [0.25, 0.3) is 0 Å². The van der Waals surface area contributed by atoms with Crippen molar-refractivity contribution in [2.45, 2.75) is 19.4 Å². The van der Waals surface area contributed by atoms with Crippen molar-refractivity contribution in [3.8, 4) is 11.5 Å². The van der Waals surface area contributed by atoms with Crippen LogP contribution in [0.3, 0.4) is 0 Å². The molecule has 0 aromatic heterocycles. The number of hydrogen-bond acceptors (Lipinski definition) is 4. The van der Waals surface area contributed by atoms with Gasteiger partial charge >= 0.3 is 6.09 Å². The average molecular weight is 388 g/mol. The molecule has 3 aromatic rings. The number of carbonyl (C=O) groups is 1. The van der Waals surface area contributed by atoms with Gasteiger partial charge in [-0.3, -0.25) is 0 Å². The number of anilines is 1. The summed E-state index contributed by atoms with van der Waals surface area (Å²) < 4.78 is 5.44. The maximum Gasteiger partial charge on any atom is 0.412 e. The third kappa shape index (κ3) is 4.88. The number of aromatic hydroxyl groups is 1. The number of ether oxygens (including phenoxy) is 1. The topological polar surface area (TPSA) is 61.8 Å². The van der Waals surface area contributed by atoms with E-state index in [1.807, 2.05) is 36.4 Å². The van der Waals surface area contributed by atoms with Crippen LogP contribution in [0, 0.1) is 0 Å². The van der Waals surface area contributed by atoms with E-state index in [4.69, 9.17) is 4.74 Å². The van der Waals surface area contributed by atoms with Gasteiger partial charge in [0.05, 0.1) is 0 Å². The van der Waals surface area contributed by atoms with Crippen molar-refractivity contribution >= 4 is 11.8 Å². The molecule has 1 aliphatic rings. The van der Waals surface area contributed by atoms with Gasteiger partial charge in [-0.15, -0.1) is 0 Å². The van der Waals surface area contributed by atoms with Crippen molar-refractivity contribution in [1.29, 1.82) is 0 Å². The van der Waals surface area contributed by atoms with E-state index in [0.29, 0.717) is 18.7 Å². The quantitative estimate of drug-likeness (QED) is 0.661. The summed E-state index contributed by atoms with van der Waals surface area (Å²) in [6, 6.07) is 23.2. The number of amides is 1. The molecule has 1 aliphatic heterocycles. The third-order valence-corrected chi connectivity index (χ3v) is 5.09. The maximum atomic E-state index is 12.1. The van der Waals surface area contributed by atoms with Crippen LogP contribution in [-0.2, 0) is 19.4 Å². The minimum absolute atomic E-state index is 0.236. The molecular formula is C24H24N2O3. The number of phenolic OH excluding ortho intramolecular Hbond substituents is 1. The molecule has 29 heavy (non-hydrogen) atoms. The van der Waals surface area contributed by atoms with Gasteiger partial charge in [0.2, 0.25) is 0 Å². The summed E-state index contributed by atoms with van der Waals surface area (Å²) in [7, 11) is 0. The molecule has 0 bridgehead atoms. The standard InChI is InChI=1S/C24H24N2O3/c27-21-8-6-18(7-9-21)12-14-25-24(28)29-22-10-11-23-20(16-22)13-15-26(23)17-19-4-2-1-3-5-19/h1-11,16,27H,12-15,17H2,(H,25,28). The molecule has 1 amide bonds. The summed E-state index contributed by atoms with van der Waals surface area (Å²) >= 11 is 0. The lowest BCUT2D eigenvalue weighted by atomic mass is 10.1. The minimum atomic E-state index is -0.456. The smallest absolute Gasteiger partial charge is 0.412 e. The Morgan fingerprint density at radius 1 is 1.00 bits per heavy atom. The fourth-order valence-electron chi connectivity index (χ4n) is 3.59. The molecule has 0 saturated heterocycles. The van der Waals surface area contributed by atoms with Gasteiger partial charge in [0.15, 0.2) is 0 Å². The lowest BCUT2D eigenvalue weighted by molar-refractivity contribution is 0.200. The van der Waals surface area contributed by atoms with Crippen LogP contribution in [0.2, 0.25) is 0 Å². The second kappa shape index (κ2) is 8.69. The Hall–Kier alpha value is -3.47. The Bertz CT molecular complexity index is 971. The second-order valence-electron chi connectivity index (χ2n) is 7.18. The molecule has 148 valence electrons. The van der Waals surface area contributed by atoms with Gasteiger partial charge in [-0.2, -0.15) is 0 Å². The summed E-state index contributed by atoms with van der Waals surface area (Å²) in [5, 5.41) is 12.1. The molecule has 5 heteroatoms. The van der Waals surface area contributed by atoms with Gasteiger partial charge in [-0.25, -0.2) is 4.79 Å². The molecule has 0 aliphatic carbocycles. The first-order valence-electron chi connectivity index (χ1n) is 9.83. The van der Waals surface area contributed by atoms with Crippen LogP contribution >= 0.6 is 0 Å². The van der Waals surface area contributed by atoms with Crippen LogP contribution in [0.1, 0.15) is 16.7 Å². The van der Waals surface area contributed by atoms with Gasteiger partial charge in [0, 0.05) is 25.3 Å². The first-order valence-corrected chi connectivity index (χ1v) is 9.83. The summed E-state index contributed by atoms with van der Waals surface area (Å²) in [5.74, 6) is 0.799. The predicted molar refractivity (Wildman–Crippen MR) is 113 cm³/mol. The highest BCUT2D eigenvalue weighted by molar-refractivity contribution is 5.71. The summed E-state index contributed by atoms with van der Waals surface area (Å²) in [5.41, 5.74) is 4.73. The highest BCUT2D eigenvalue weighted by atomic mass is 16.6. The summed E-state index contributed by atoms with van der Waals surface area (Å²) in [6.45, 7) is 2.32. The highest BCUT2D eigenvalue weighted by Crippen LogP contribution is 2.32. The van der Waals surface area contributed by atoms with Gasteiger partial charge in [-0.05, 0) is 59.9 Å². The van der Waals surface area contributed by atoms with Crippen molar-refractivity contribution in [1.82, 2.24) is 5.32 Å². The first kappa shape index (κ1) is 18.9. The zero-order chi connectivity index (χ0) is 20.1. The predicted octanol–water partition coefficient (Wildman–Crippen LogP) is 4.29. The Labute approximate surface area is 170 Å². The molecule has 2 N–H and O–H groups in total. The third-order valence-electron chi connectivity index (χ3n) is 5.09. The van der Waals surface area contributed by atoms with Crippen molar-refractivity contribution < 1.29 is 14.6 Å². The minimum Gasteiger partial charge on any atom is -0.508 e. The van der Waals surface area contributed by atoms with E-state index < -0.39 is 6.09 Å². The second-order valence-corrected chi connectivity index (χ2v) is 7.18. The lowest BCUT2D eigenvalue weighted by Gasteiger charge is -2.19. The normalized spacial score (nSPS) is 12.5. The van der Waals surface area contributed by atoms with Gasteiger partial charge < -0.3 is 20.1 Å². The monoisotopic (exact) mass is 388 g/mol. The SMILES string of the molecule is O=C(NCCc1ccc(O)cc1)Oc1ccc2c(c1)CCN2Cc1ccccc1. The molecule has 4 rings (SSSR count). The Morgan fingerprint density at radius 3 is 2.59 bits per heavy atom. The maximum absolute atomic E-state index is 12.1. The Morgan fingerprint density at radius 2 is 1.79 bits per heavy atom. The number of phenols is 1. The first-order chi connectivity index (χ1) is 14.2. The number of nitrogens with zero attached hydrogens (tertiary/aromatic N) is 1. The van der Waals surface area contributed by atoms with E-state index in [1.54, 1.807) is 12.1 Å². The van der Waals surface area contributed by atoms with Crippen LogP contribution < -0.4 is 15.0 Å². The Kier molecular flexibility index (Phi) is 5.66. The van der Waals surface area contributed by atoms with Crippen molar-refractivity contribution in [2.75, 3.05) is 18.0 Å². The van der Waals surface area contributed by atoms with E-state index in [2.05, 4.69) is 34.5 Å². The van der Waals surface area contributed by atoms with Crippen molar-refractivity contribution in [3.63, 3.8) is 0 Å². The van der Waals surface area contributed by atoms with E-state index in [9.17, 15) is 9.90 Å². The molecule has 0 fully saturated rings. The number of benzene rings is 3. The largest absolute Gasteiger partial charge is 0.508 e. The van der Waals surface area contributed by atoms with Gasteiger partial charge in [0.25, 0.3) is 0 Å². The number of hydrogen-bond donors (Lipinski definition) is 2. The van der Waals surface area contributed by atoms with Gasteiger partial charge in [-0.1, -0.05) is 42.5 Å². The molecule has 0 saturated carbocycles. The van der Waals surface area contributed by atoms with Gasteiger partial charge in [0.1, 0.15) is 11.5 Å². The fraction of sp³-hybridized carbons (Fsp3) is 0.208. The molecular weight excluding hydrogens is 364 g/mol. The molecule has 0 spiro atoms.